The second-order valence-electron chi connectivity index (χ2n) is 3.63. The van der Waals surface area contributed by atoms with Gasteiger partial charge in [0.1, 0.15) is 0 Å². The molecule has 0 saturated heterocycles. The van der Waals surface area contributed by atoms with Crippen LogP contribution in [-0.2, 0) is 4.74 Å². The Bertz CT molecular complexity index is 414. The lowest BCUT2D eigenvalue weighted by Crippen LogP contribution is -2.36. The summed E-state index contributed by atoms with van der Waals surface area (Å²) >= 11 is 9.31. The molecule has 0 aromatic heterocycles. The molecule has 0 spiro atoms. The first-order chi connectivity index (χ1) is 8.60. The number of ether oxygens (including phenoxy) is 1. The van der Waals surface area contributed by atoms with Crippen LogP contribution in [-0.4, -0.2) is 49.3 Å². The number of nitrogens with zero attached hydrogens (tertiary/aromatic N) is 1. The van der Waals surface area contributed by atoms with Gasteiger partial charge in [-0.3, -0.25) is 4.79 Å². The minimum atomic E-state index is -0.215. The number of methoxy groups -OCH3 is 1. The van der Waals surface area contributed by atoms with E-state index in [4.69, 9.17) is 21.4 Å². The molecule has 0 fully saturated rings. The highest BCUT2D eigenvalue weighted by molar-refractivity contribution is 9.10. The lowest BCUT2D eigenvalue weighted by atomic mass is 10.2. The Hall–Kier alpha value is -0.620. The molecule has 0 saturated carbocycles. The number of aliphatic hydroxyl groups is 1. The van der Waals surface area contributed by atoms with Crippen LogP contribution >= 0.6 is 27.5 Å². The van der Waals surface area contributed by atoms with Crippen LogP contribution in [0.3, 0.4) is 0 Å². The van der Waals surface area contributed by atoms with E-state index in [1.165, 1.54) is 4.90 Å². The molecule has 1 amide bonds. The van der Waals surface area contributed by atoms with Gasteiger partial charge in [0.15, 0.2) is 0 Å². The van der Waals surface area contributed by atoms with Gasteiger partial charge in [-0.05, 0) is 18.2 Å². The lowest BCUT2D eigenvalue weighted by Gasteiger charge is -2.22. The normalized spacial score (nSPS) is 10.4. The molecule has 1 aromatic rings. The Morgan fingerprint density at radius 1 is 1.50 bits per heavy atom. The number of amides is 1. The third-order valence-corrected chi connectivity index (χ3v) is 3.20. The number of aliphatic hydroxyl groups excluding tert-OH is 1. The summed E-state index contributed by atoms with van der Waals surface area (Å²) in [4.78, 5) is 13.8. The zero-order valence-corrected chi connectivity index (χ0v) is 12.4. The van der Waals surface area contributed by atoms with Gasteiger partial charge in [0, 0.05) is 24.7 Å². The zero-order chi connectivity index (χ0) is 13.5. The quantitative estimate of drug-likeness (QED) is 0.866. The average molecular weight is 337 g/mol. The molecule has 0 atom stereocenters. The number of hydrogen-bond donors (Lipinski definition) is 1. The van der Waals surface area contributed by atoms with E-state index in [1.54, 1.807) is 25.3 Å². The van der Waals surface area contributed by atoms with Crippen molar-refractivity contribution in [1.29, 1.82) is 0 Å². The Morgan fingerprint density at radius 3 is 2.83 bits per heavy atom. The molecule has 0 heterocycles. The van der Waals surface area contributed by atoms with E-state index in [0.717, 1.165) is 4.47 Å². The average Bonchev–Trinajstić information content (AvgIpc) is 2.36. The molecule has 6 heteroatoms. The molecule has 0 aliphatic rings. The molecule has 1 rings (SSSR count). The summed E-state index contributed by atoms with van der Waals surface area (Å²) in [5.41, 5.74) is 0.413. The van der Waals surface area contributed by atoms with Crippen molar-refractivity contribution in [2.24, 2.45) is 0 Å². The van der Waals surface area contributed by atoms with Crippen LogP contribution in [0.4, 0.5) is 0 Å². The highest BCUT2D eigenvalue weighted by atomic mass is 79.9. The largest absolute Gasteiger partial charge is 0.395 e. The second-order valence-corrected chi connectivity index (χ2v) is 4.96. The minimum Gasteiger partial charge on any atom is -0.395 e. The van der Waals surface area contributed by atoms with Gasteiger partial charge in [0.25, 0.3) is 5.91 Å². The number of benzene rings is 1. The first-order valence-corrected chi connectivity index (χ1v) is 6.61. The Kier molecular flexibility index (Phi) is 6.63. The van der Waals surface area contributed by atoms with Crippen LogP contribution in [0.2, 0.25) is 5.02 Å². The highest BCUT2D eigenvalue weighted by Gasteiger charge is 2.18. The Morgan fingerprint density at radius 2 is 2.22 bits per heavy atom. The van der Waals surface area contributed by atoms with Crippen LogP contribution in [0.5, 0.6) is 0 Å². The third-order valence-electron chi connectivity index (χ3n) is 2.38. The van der Waals surface area contributed by atoms with Gasteiger partial charge < -0.3 is 14.7 Å². The summed E-state index contributed by atoms with van der Waals surface area (Å²) in [6, 6.07) is 5.10. The number of carbonyl (C=O) groups is 1. The summed E-state index contributed by atoms with van der Waals surface area (Å²) in [6.45, 7) is 0.988. The predicted molar refractivity (Wildman–Crippen MR) is 74.0 cm³/mol. The van der Waals surface area contributed by atoms with Crippen molar-refractivity contribution in [1.82, 2.24) is 4.90 Å². The van der Waals surface area contributed by atoms with Crippen LogP contribution in [0.1, 0.15) is 10.4 Å². The molecule has 0 radical (unpaired) electrons. The van der Waals surface area contributed by atoms with E-state index >= 15 is 0 Å². The molecule has 100 valence electrons. The first kappa shape index (κ1) is 15.4. The molecule has 1 aromatic carbocycles. The van der Waals surface area contributed by atoms with Gasteiger partial charge >= 0.3 is 0 Å². The highest BCUT2D eigenvalue weighted by Crippen LogP contribution is 2.22. The second kappa shape index (κ2) is 7.74. The summed E-state index contributed by atoms with van der Waals surface area (Å²) in [5.74, 6) is -0.215. The SMILES string of the molecule is COCCN(CCO)C(=O)c1cc(Br)ccc1Cl. The van der Waals surface area contributed by atoms with Crippen LogP contribution in [0.15, 0.2) is 22.7 Å². The van der Waals surface area contributed by atoms with E-state index in [-0.39, 0.29) is 19.1 Å². The smallest absolute Gasteiger partial charge is 0.255 e. The van der Waals surface area contributed by atoms with Crippen molar-refractivity contribution in [2.75, 3.05) is 33.4 Å². The maximum Gasteiger partial charge on any atom is 0.255 e. The fraction of sp³-hybridized carbons (Fsp3) is 0.417. The van der Waals surface area contributed by atoms with Gasteiger partial charge in [-0.1, -0.05) is 27.5 Å². The van der Waals surface area contributed by atoms with Gasteiger partial charge in [0.05, 0.1) is 23.8 Å². The molecule has 0 aliphatic heterocycles. The molecular formula is C12H15BrClNO3. The van der Waals surface area contributed by atoms with Crippen LogP contribution < -0.4 is 0 Å². The third kappa shape index (κ3) is 4.24. The number of carbonyl (C=O) groups excluding carboxylic acids is 1. The number of hydrogen-bond acceptors (Lipinski definition) is 3. The Balaban J connectivity index is 2.90. The van der Waals surface area contributed by atoms with Crippen molar-refractivity contribution in [3.05, 3.63) is 33.3 Å². The lowest BCUT2D eigenvalue weighted by molar-refractivity contribution is 0.0656. The van der Waals surface area contributed by atoms with Gasteiger partial charge in [-0.15, -0.1) is 0 Å². The van der Waals surface area contributed by atoms with E-state index in [0.29, 0.717) is 23.7 Å². The monoisotopic (exact) mass is 335 g/mol. The number of rotatable bonds is 6. The Labute approximate surface area is 120 Å². The predicted octanol–water partition coefficient (Wildman–Crippen LogP) is 2.18. The van der Waals surface area contributed by atoms with Crippen molar-refractivity contribution in [3.63, 3.8) is 0 Å². The van der Waals surface area contributed by atoms with Gasteiger partial charge in [-0.2, -0.15) is 0 Å². The molecule has 18 heavy (non-hydrogen) atoms. The number of halogens is 2. The van der Waals surface area contributed by atoms with Gasteiger partial charge in [0.2, 0.25) is 0 Å². The first-order valence-electron chi connectivity index (χ1n) is 5.44. The van der Waals surface area contributed by atoms with Crippen molar-refractivity contribution in [3.8, 4) is 0 Å². The van der Waals surface area contributed by atoms with Crippen molar-refractivity contribution in [2.45, 2.75) is 0 Å². The maximum absolute atomic E-state index is 12.3. The fourth-order valence-corrected chi connectivity index (χ4v) is 2.03. The van der Waals surface area contributed by atoms with Gasteiger partial charge in [-0.25, -0.2) is 0 Å². The van der Waals surface area contributed by atoms with Crippen LogP contribution in [0, 0.1) is 0 Å². The molecule has 0 bridgehead atoms. The molecule has 0 aliphatic carbocycles. The molecule has 1 N–H and O–H groups in total. The van der Waals surface area contributed by atoms with E-state index in [1.807, 2.05) is 0 Å². The topological polar surface area (TPSA) is 49.8 Å². The van der Waals surface area contributed by atoms with E-state index in [9.17, 15) is 4.79 Å². The summed E-state index contributed by atoms with van der Waals surface area (Å²) < 4.78 is 5.72. The van der Waals surface area contributed by atoms with E-state index < -0.39 is 0 Å². The standard InChI is InChI=1S/C12H15BrClNO3/c1-18-7-5-15(4-6-16)12(17)10-8-9(13)2-3-11(10)14/h2-3,8,16H,4-7H2,1H3. The summed E-state index contributed by atoms with van der Waals surface area (Å²) in [7, 11) is 1.56. The molecule has 0 unspecified atom stereocenters. The summed E-state index contributed by atoms with van der Waals surface area (Å²) in [6.07, 6.45) is 0. The minimum absolute atomic E-state index is 0.0962. The van der Waals surface area contributed by atoms with E-state index in [2.05, 4.69) is 15.9 Å². The molecule has 4 nitrogen and oxygen atoms in total. The van der Waals surface area contributed by atoms with Crippen molar-refractivity contribution >= 4 is 33.4 Å². The van der Waals surface area contributed by atoms with Crippen molar-refractivity contribution < 1.29 is 14.6 Å². The zero-order valence-electron chi connectivity index (χ0n) is 10.0. The fourth-order valence-electron chi connectivity index (χ4n) is 1.47. The molecular weight excluding hydrogens is 321 g/mol. The maximum atomic E-state index is 12.3. The van der Waals surface area contributed by atoms with Crippen LogP contribution in [0.25, 0.3) is 0 Å². The summed E-state index contributed by atoms with van der Waals surface area (Å²) in [5, 5.41) is 9.37.